The molecule has 0 atom stereocenters. The summed E-state index contributed by atoms with van der Waals surface area (Å²) in [7, 11) is 0. The maximum Gasteiger partial charge on any atom is 0.0672 e. The molecule has 3 heteroatoms. The Morgan fingerprint density at radius 1 is 1.53 bits per heavy atom. The molecule has 1 heterocycles. The number of aryl methyl sites for hydroxylation is 1. The first-order chi connectivity index (χ1) is 8.24. The van der Waals surface area contributed by atoms with E-state index in [0.29, 0.717) is 6.61 Å². The first-order valence-electron chi connectivity index (χ1n) is 6.31. The normalized spacial score (nSPS) is 10.7. The van der Waals surface area contributed by atoms with Crippen LogP contribution in [0.25, 0.3) is 0 Å². The van der Waals surface area contributed by atoms with Crippen molar-refractivity contribution in [3.63, 3.8) is 0 Å². The molecule has 96 valence electrons. The summed E-state index contributed by atoms with van der Waals surface area (Å²) in [5.41, 5.74) is 2.41. The molecule has 0 bridgehead atoms. The summed E-state index contributed by atoms with van der Waals surface area (Å²) in [5, 5.41) is 3.38. The molecule has 1 aromatic rings. The van der Waals surface area contributed by atoms with E-state index in [2.05, 4.69) is 41.7 Å². The Bertz CT molecular complexity index is 331. The average molecular weight is 236 g/mol. The summed E-state index contributed by atoms with van der Waals surface area (Å²) in [6.45, 7) is 12.2. The number of rotatable bonds is 9. The van der Waals surface area contributed by atoms with Gasteiger partial charge in [0.15, 0.2) is 0 Å². The SMILES string of the molecule is C=C(C)COCCNCc1cccn1CCC. The third kappa shape index (κ3) is 5.71. The van der Waals surface area contributed by atoms with Crippen molar-refractivity contribution in [1.29, 1.82) is 0 Å². The third-order valence-electron chi connectivity index (χ3n) is 2.47. The molecule has 1 aromatic heterocycles. The largest absolute Gasteiger partial charge is 0.376 e. The second kappa shape index (κ2) is 8.09. The Labute approximate surface area is 104 Å². The zero-order valence-corrected chi connectivity index (χ0v) is 11.0. The van der Waals surface area contributed by atoms with E-state index in [1.165, 1.54) is 12.1 Å². The number of hydrogen-bond donors (Lipinski definition) is 1. The van der Waals surface area contributed by atoms with Crippen molar-refractivity contribution in [3.05, 3.63) is 36.2 Å². The molecule has 0 saturated heterocycles. The average Bonchev–Trinajstić information content (AvgIpc) is 2.71. The Hall–Kier alpha value is -1.06. The fourth-order valence-electron chi connectivity index (χ4n) is 1.68. The smallest absolute Gasteiger partial charge is 0.0672 e. The van der Waals surface area contributed by atoms with Gasteiger partial charge in [-0.1, -0.05) is 19.1 Å². The minimum absolute atomic E-state index is 0.661. The highest BCUT2D eigenvalue weighted by molar-refractivity contribution is 5.06. The van der Waals surface area contributed by atoms with Crippen LogP contribution in [0.3, 0.4) is 0 Å². The number of nitrogens with one attached hydrogen (secondary N) is 1. The second-order valence-corrected chi connectivity index (χ2v) is 4.38. The number of aromatic nitrogens is 1. The van der Waals surface area contributed by atoms with Crippen LogP contribution in [0.1, 0.15) is 26.0 Å². The van der Waals surface area contributed by atoms with Crippen molar-refractivity contribution in [2.24, 2.45) is 0 Å². The topological polar surface area (TPSA) is 26.2 Å². The summed E-state index contributed by atoms with van der Waals surface area (Å²) in [6.07, 6.45) is 3.31. The second-order valence-electron chi connectivity index (χ2n) is 4.38. The van der Waals surface area contributed by atoms with Gasteiger partial charge in [-0.3, -0.25) is 0 Å². The maximum absolute atomic E-state index is 5.42. The molecular weight excluding hydrogens is 212 g/mol. The Morgan fingerprint density at radius 3 is 3.06 bits per heavy atom. The maximum atomic E-state index is 5.42. The van der Waals surface area contributed by atoms with Crippen LogP contribution in [0.4, 0.5) is 0 Å². The highest BCUT2D eigenvalue weighted by atomic mass is 16.5. The Balaban J connectivity index is 2.13. The Morgan fingerprint density at radius 2 is 2.35 bits per heavy atom. The molecule has 0 fully saturated rings. The third-order valence-corrected chi connectivity index (χ3v) is 2.47. The van der Waals surface area contributed by atoms with Crippen molar-refractivity contribution >= 4 is 0 Å². The van der Waals surface area contributed by atoms with Crippen LogP contribution in [0.5, 0.6) is 0 Å². The van der Waals surface area contributed by atoms with Crippen LogP contribution < -0.4 is 5.32 Å². The molecule has 3 nitrogen and oxygen atoms in total. The molecule has 0 amide bonds. The summed E-state index contributed by atoms with van der Waals surface area (Å²) in [5.74, 6) is 0. The highest BCUT2D eigenvalue weighted by Crippen LogP contribution is 2.02. The van der Waals surface area contributed by atoms with Crippen LogP contribution in [-0.4, -0.2) is 24.3 Å². The van der Waals surface area contributed by atoms with Gasteiger partial charge in [-0.05, 0) is 25.5 Å². The molecule has 0 aliphatic carbocycles. The summed E-state index contributed by atoms with van der Waals surface area (Å²) < 4.78 is 7.72. The molecule has 0 spiro atoms. The first-order valence-corrected chi connectivity index (χ1v) is 6.31. The van der Waals surface area contributed by atoms with Crippen LogP contribution in [0.2, 0.25) is 0 Å². The van der Waals surface area contributed by atoms with E-state index < -0.39 is 0 Å². The van der Waals surface area contributed by atoms with E-state index in [9.17, 15) is 0 Å². The molecule has 1 N–H and O–H groups in total. The van der Waals surface area contributed by atoms with Crippen molar-refractivity contribution in [1.82, 2.24) is 9.88 Å². The molecule has 0 unspecified atom stereocenters. The highest BCUT2D eigenvalue weighted by Gasteiger charge is 1.98. The molecule has 0 aliphatic heterocycles. The van der Waals surface area contributed by atoms with Gasteiger partial charge in [0, 0.05) is 31.5 Å². The quantitative estimate of drug-likeness (QED) is 0.527. The molecule has 0 saturated carbocycles. The van der Waals surface area contributed by atoms with Gasteiger partial charge in [0.1, 0.15) is 0 Å². The number of ether oxygens (including phenoxy) is 1. The van der Waals surface area contributed by atoms with Gasteiger partial charge in [0.25, 0.3) is 0 Å². The molecule has 1 rings (SSSR count). The zero-order chi connectivity index (χ0) is 12.5. The van der Waals surface area contributed by atoms with Gasteiger partial charge in [0.05, 0.1) is 13.2 Å². The van der Waals surface area contributed by atoms with E-state index >= 15 is 0 Å². The lowest BCUT2D eigenvalue weighted by Gasteiger charge is -2.09. The van der Waals surface area contributed by atoms with E-state index in [-0.39, 0.29) is 0 Å². The lowest BCUT2D eigenvalue weighted by molar-refractivity contribution is 0.157. The van der Waals surface area contributed by atoms with E-state index in [1.54, 1.807) is 0 Å². The van der Waals surface area contributed by atoms with Gasteiger partial charge >= 0.3 is 0 Å². The molecule has 0 aromatic carbocycles. The van der Waals surface area contributed by atoms with Crippen LogP contribution in [-0.2, 0) is 17.8 Å². The van der Waals surface area contributed by atoms with E-state index in [4.69, 9.17) is 4.74 Å². The molecular formula is C14H24N2O. The summed E-state index contributed by atoms with van der Waals surface area (Å²) in [4.78, 5) is 0. The predicted molar refractivity (Wildman–Crippen MR) is 72.1 cm³/mol. The molecule has 17 heavy (non-hydrogen) atoms. The minimum Gasteiger partial charge on any atom is -0.376 e. The van der Waals surface area contributed by atoms with Crippen LogP contribution in [0.15, 0.2) is 30.5 Å². The minimum atomic E-state index is 0.661. The number of nitrogens with zero attached hydrogens (tertiary/aromatic N) is 1. The molecule has 0 radical (unpaired) electrons. The number of hydrogen-bond acceptors (Lipinski definition) is 2. The van der Waals surface area contributed by atoms with Crippen LogP contribution in [0, 0.1) is 0 Å². The van der Waals surface area contributed by atoms with Gasteiger partial charge in [-0.2, -0.15) is 0 Å². The van der Waals surface area contributed by atoms with Crippen LogP contribution >= 0.6 is 0 Å². The predicted octanol–water partition coefficient (Wildman–Crippen LogP) is 2.58. The van der Waals surface area contributed by atoms with Crippen molar-refractivity contribution < 1.29 is 4.74 Å². The standard InChI is InChI=1S/C14H24N2O/c1-4-8-16-9-5-6-14(16)11-15-7-10-17-12-13(2)3/h5-6,9,15H,2,4,7-8,10-12H2,1,3H3. The fourth-order valence-corrected chi connectivity index (χ4v) is 1.68. The summed E-state index contributed by atoms with van der Waals surface area (Å²) >= 11 is 0. The lowest BCUT2D eigenvalue weighted by atomic mass is 10.4. The Kier molecular flexibility index (Phi) is 6.67. The lowest BCUT2D eigenvalue weighted by Crippen LogP contribution is -2.21. The fraction of sp³-hybridized carbons (Fsp3) is 0.571. The van der Waals surface area contributed by atoms with Crippen molar-refractivity contribution in [3.8, 4) is 0 Å². The van der Waals surface area contributed by atoms with E-state index in [0.717, 1.165) is 31.8 Å². The van der Waals surface area contributed by atoms with Gasteiger partial charge < -0.3 is 14.6 Å². The van der Waals surface area contributed by atoms with Gasteiger partial charge in [-0.15, -0.1) is 0 Å². The van der Waals surface area contributed by atoms with E-state index in [1.807, 2.05) is 6.92 Å². The van der Waals surface area contributed by atoms with Gasteiger partial charge in [0.2, 0.25) is 0 Å². The van der Waals surface area contributed by atoms with Crippen molar-refractivity contribution in [2.45, 2.75) is 33.4 Å². The first kappa shape index (κ1) is 14.0. The zero-order valence-electron chi connectivity index (χ0n) is 11.0. The summed E-state index contributed by atoms with van der Waals surface area (Å²) in [6, 6.07) is 4.27. The monoisotopic (exact) mass is 236 g/mol. The molecule has 0 aliphatic rings. The van der Waals surface area contributed by atoms with Gasteiger partial charge in [-0.25, -0.2) is 0 Å². The van der Waals surface area contributed by atoms with Crippen molar-refractivity contribution in [2.75, 3.05) is 19.8 Å².